The second kappa shape index (κ2) is 8.75. The quantitative estimate of drug-likeness (QED) is 0.838. The number of carbonyl (C=O) groups excluding carboxylic acids is 1. The van der Waals surface area contributed by atoms with Crippen LogP contribution in [0.5, 0.6) is 5.75 Å². The van der Waals surface area contributed by atoms with Gasteiger partial charge in [-0.25, -0.2) is 0 Å². The molecule has 0 radical (unpaired) electrons. The van der Waals surface area contributed by atoms with Crippen LogP contribution >= 0.6 is 0 Å². The summed E-state index contributed by atoms with van der Waals surface area (Å²) >= 11 is 0. The topological polar surface area (TPSA) is 41.6 Å². The van der Waals surface area contributed by atoms with Crippen LogP contribution in [0.25, 0.3) is 0 Å². The predicted octanol–water partition coefficient (Wildman–Crippen LogP) is 4.39. The highest BCUT2D eigenvalue weighted by Gasteiger charge is 2.12. The molecule has 0 aromatic heterocycles. The zero-order valence-electron chi connectivity index (χ0n) is 15.7. The van der Waals surface area contributed by atoms with Crippen LogP contribution in [0.4, 0.5) is 5.69 Å². The van der Waals surface area contributed by atoms with Gasteiger partial charge in [-0.15, -0.1) is 0 Å². The summed E-state index contributed by atoms with van der Waals surface area (Å²) in [6.07, 6.45) is 3.99. The van der Waals surface area contributed by atoms with Gasteiger partial charge < -0.3 is 15.0 Å². The van der Waals surface area contributed by atoms with Crippen molar-refractivity contribution in [2.75, 3.05) is 18.0 Å². The Bertz CT molecular complexity index is 702. The minimum absolute atomic E-state index is 0.0438. The fraction of sp³-hybridized carbons (Fsp3) is 0.409. The lowest BCUT2D eigenvalue weighted by atomic mass is 10.1. The fourth-order valence-electron chi connectivity index (χ4n) is 3.22. The van der Waals surface area contributed by atoms with E-state index in [4.69, 9.17) is 4.74 Å². The van der Waals surface area contributed by atoms with Gasteiger partial charge in [0.25, 0.3) is 5.91 Å². The number of nitrogens with zero attached hydrogens (tertiary/aromatic N) is 1. The minimum atomic E-state index is -0.0438. The number of rotatable bonds is 6. The molecule has 0 bridgehead atoms. The zero-order valence-corrected chi connectivity index (χ0v) is 15.7. The van der Waals surface area contributed by atoms with Gasteiger partial charge in [0.1, 0.15) is 5.75 Å². The number of piperidine rings is 1. The standard InChI is InChI=1S/C22H28N2O2/c1-17(2)26-21-12-6-18(7-13-21)16-23-22(25)19-8-10-20(11-9-19)24-14-4-3-5-15-24/h6-13,17H,3-5,14-16H2,1-2H3,(H,23,25). The number of benzene rings is 2. The van der Waals surface area contributed by atoms with Gasteiger partial charge in [-0.1, -0.05) is 12.1 Å². The van der Waals surface area contributed by atoms with Crippen molar-refractivity contribution in [2.45, 2.75) is 45.8 Å². The third-order valence-electron chi connectivity index (χ3n) is 4.60. The highest BCUT2D eigenvalue weighted by Crippen LogP contribution is 2.20. The van der Waals surface area contributed by atoms with Crippen molar-refractivity contribution >= 4 is 11.6 Å². The number of anilines is 1. The van der Waals surface area contributed by atoms with Crippen molar-refractivity contribution in [1.29, 1.82) is 0 Å². The molecule has 3 rings (SSSR count). The maximum absolute atomic E-state index is 12.4. The molecule has 138 valence electrons. The van der Waals surface area contributed by atoms with Crippen molar-refractivity contribution in [3.8, 4) is 5.75 Å². The Morgan fingerprint density at radius 1 is 1.00 bits per heavy atom. The van der Waals surface area contributed by atoms with Gasteiger partial charge in [0, 0.05) is 30.9 Å². The van der Waals surface area contributed by atoms with E-state index < -0.39 is 0 Å². The van der Waals surface area contributed by atoms with E-state index >= 15 is 0 Å². The van der Waals surface area contributed by atoms with E-state index in [1.807, 2.05) is 50.2 Å². The van der Waals surface area contributed by atoms with Crippen molar-refractivity contribution in [3.63, 3.8) is 0 Å². The van der Waals surface area contributed by atoms with E-state index in [1.54, 1.807) is 0 Å². The Labute approximate surface area is 156 Å². The molecule has 1 N–H and O–H groups in total. The Balaban J connectivity index is 1.53. The van der Waals surface area contributed by atoms with E-state index in [0.29, 0.717) is 12.1 Å². The molecule has 1 saturated heterocycles. The van der Waals surface area contributed by atoms with Crippen LogP contribution < -0.4 is 15.0 Å². The minimum Gasteiger partial charge on any atom is -0.491 e. The Kier molecular flexibility index (Phi) is 6.16. The van der Waals surface area contributed by atoms with Crippen molar-refractivity contribution in [3.05, 3.63) is 59.7 Å². The first-order valence-corrected chi connectivity index (χ1v) is 9.50. The molecular formula is C22H28N2O2. The smallest absolute Gasteiger partial charge is 0.251 e. The number of nitrogens with one attached hydrogen (secondary N) is 1. The van der Waals surface area contributed by atoms with Gasteiger partial charge in [0.15, 0.2) is 0 Å². The number of hydrogen-bond acceptors (Lipinski definition) is 3. The predicted molar refractivity (Wildman–Crippen MR) is 106 cm³/mol. The van der Waals surface area contributed by atoms with Gasteiger partial charge in [0.05, 0.1) is 6.10 Å². The van der Waals surface area contributed by atoms with E-state index in [0.717, 1.165) is 24.4 Å². The summed E-state index contributed by atoms with van der Waals surface area (Å²) < 4.78 is 5.63. The van der Waals surface area contributed by atoms with Crippen molar-refractivity contribution in [1.82, 2.24) is 5.32 Å². The monoisotopic (exact) mass is 352 g/mol. The fourth-order valence-corrected chi connectivity index (χ4v) is 3.22. The largest absolute Gasteiger partial charge is 0.491 e. The third-order valence-corrected chi connectivity index (χ3v) is 4.60. The number of carbonyl (C=O) groups is 1. The lowest BCUT2D eigenvalue weighted by Gasteiger charge is -2.28. The molecule has 4 heteroatoms. The van der Waals surface area contributed by atoms with Gasteiger partial charge >= 0.3 is 0 Å². The van der Waals surface area contributed by atoms with Crippen molar-refractivity contribution in [2.24, 2.45) is 0 Å². The second-order valence-corrected chi connectivity index (χ2v) is 7.09. The maximum Gasteiger partial charge on any atom is 0.251 e. The van der Waals surface area contributed by atoms with Crippen LogP contribution in [0.15, 0.2) is 48.5 Å². The third kappa shape index (κ3) is 5.01. The molecule has 0 saturated carbocycles. The molecule has 0 spiro atoms. The summed E-state index contributed by atoms with van der Waals surface area (Å²) in [7, 11) is 0. The lowest BCUT2D eigenvalue weighted by molar-refractivity contribution is 0.0951. The SMILES string of the molecule is CC(C)Oc1ccc(CNC(=O)c2ccc(N3CCCCC3)cc2)cc1. The summed E-state index contributed by atoms with van der Waals surface area (Å²) in [5, 5.41) is 2.98. The molecule has 2 aromatic carbocycles. The highest BCUT2D eigenvalue weighted by atomic mass is 16.5. The van der Waals surface area contributed by atoms with Crippen LogP contribution in [0, 0.1) is 0 Å². The number of amides is 1. The lowest BCUT2D eigenvalue weighted by Crippen LogP contribution is -2.29. The first-order valence-electron chi connectivity index (χ1n) is 9.50. The molecule has 0 aliphatic carbocycles. The molecule has 4 nitrogen and oxygen atoms in total. The average molecular weight is 352 g/mol. The molecule has 1 fully saturated rings. The number of ether oxygens (including phenoxy) is 1. The summed E-state index contributed by atoms with van der Waals surface area (Å²) in [6.45, 7) is 6.74. The van der Waals surface area contributed by atoms with Gasteiger partial charge in [-0.3, -0.25) is 4.79 Å². The molecule has 1 heterocycles. The summed E-state index contributed by atoms with van der Waals surface area (Å²) in [4.78, 5) is 14.8. The maximum atomic E-state index is 12.4. The number of hydrogen-bond donors (Lipinski definition) is 1. The molecule has 1 aliphatic heterocycles. The molecule has 0 unspecified atom stereocenters. The normalized spacial score (nSPS) is 14.3. The molecule has 26 heavy (non-hydrogen) atoms. The van der Waals surface area contributed by atoms with E-state index in [9.17, 15) is 4.79 Å². The second-order valence-electron chi connectivity index (χ2n) is 7.09. The Hall–Kier alpha value is -2.49. The van der Waals surface area contributed by atoms with Crippen LogP contribution in [0.3, 0.4) is 0 Å². The summed E-state index contributed by atoms with van der Waals surface area (Å²) in [5.74, 6) is 0.807. The first-order chi connectivity index (χ1) is 12.6. The summed E-state index contributed by atoms with van der Waals surface area (Å²) in [6, 6.07) is 15.8. The van der Waals surface area contributed by atoms with Crippen LogP contribution in [0.2, 0.25) is 0 Å². The van der Waals surface area contributed by atoms with E-state index in [-0.39, 0.29) is 12.0 Å². The van der Waals surface area contributed by atoms with Crippen LogP contribution in [-0.2, 0) is 6.54 Å². The van der Waals surface area contributed by atoms with Crippen LogP contribution in [0.1, 0.15) is 49.0 Å². The molecule has 1 amide bonds. The zero-order chi connectivity index (χ0) is 18.4. The molecule has 2 aromatic rings. The van der Waals surface area contributed by atoms with Crippen molar-refractivity contribution < 1.29 is 9.53 Å². The van der Waals surface area contributed by atoms with E-state index in [2.05, 4.69) is 22.3 Å². The Morgan fingerprint density at radius 2 is 1.65 bits per heavy atom. The summed E-state index contributed by atoms with van der Waals surface area (Å²) in [5.41, 5.74) is 2.96. The van der Waals surface area contributed by atoms with Crippen LogP contribution in [-0.4, -0.2) is 25.1 Å². The Morgan fingerprint density at radius 3 is 2.27 bits per heavy atom. The van der Waals surface area contributed by atoms with Gasteiger partial charge in [-0.2, -0.15) is 0 Å². The molecular weight excluding hydrogens is 324 g/mol. The molecule has 1 aliphatic rings. The van der Waals surface area contributed by atoms with Gasteiger partial charge in [0.2, 0.25) is 0 Å². The van der Waals surface area contributed by atoms with E-state index in [1.165, 1.54) is 24.9 Å². The molecule has 0 atom stereocenters. The average Bonchev–Trinajstić information content (AvgIpc) is 2.67. The first kappa shape index (κ1) is 18.3. The van der Waals surface area contributed by atoms with Gasteiger partial charge in [-0.05, 0) is 75.1 Å². The highest BCUT2D eigenvalue weighted by molar-refractivity contribution is 5.94.